The smallest absolute Gasteiger partial charge is 0.194 e. The molecule has 21 heavy (non-hydrogen) atoms. The predicted octanol–water partition coefficient (Wildman–Crippen LogP) is 4.09. The van der Waals surface area contributed by atoms with E-state index in [0.29, 0.717) is 27.1 Å². The molecule has 0 bridgehead atoms. The summed E-state index contributed by atoms with van der Waals surface area (Å²) in [5.74, 6) is 0.529. The van der Waals surface area contributed by atoms with E-state index in [1.54, 1.807) is 12.1 Å². The molecule has 2 rings (SSSR count). The molecule has 0 heterocycles. The second-order valence-electron chi connectivity index (χ2n) is 4.52. The van der Waals surface area contributed by atoms with Crippen LogP contribution in [-0.2, 0) is 16.6 Å². The molecule has 0 amide bonds. The van der Waals surface area contributed by atoms with Gasteiger partial charge in [0.25, 0.3) is 0 Å². The molecule has 0 aliphatic heterocycles. The molecule has 0 saturated carbocycles. The van der Waals surface area contributed by atoms with Crippen molar-refractivity contribution in [3.63, 3.8) is 0 Å². The summed E-state index contributed by atoms with van der Waals surface area (Å²) in [7, 11) is -0.890. The maximum absolute atomic E-state index is 12.9. The summed E-state index contributed by atoms with van der Waals surface area (Å²) in [5, 5.41) is 0. The van der Waals surface area contributed by atoms with Crippen LogP contribution < -0.4 is 0 Å². The number of carbonyl (C=O) groups excluding carboxylic acids is 1. The van der Waals surface area contributed by atoms with Crippen LogP contribution in [0.3, 0.4) is 0 Å². The van der Waals surface area contributed by atoms with Crippen molar-refractivity contribution < 1.29 is 13.4 Å². The van der Waals surface area contributed by atoms with Crippen LogP contribution in [0.2, 0.25) is 0 Å². The zero-order valence-corrected chi connectivity index (χ0v) is 13.8. The Labute approximate surface area is 134 Å². The number of hydrogen-bond acceptors (Lipinski definition) is 2. The van der Waals surface area contributed by atoms with E-state index >= 15 is 0 Å². The van der Waals surface area contributed by atoms with Crippen molar-refractivity contribution in [3.05, 3.63) is 69.4 Å². The lowest BCUT2D eigenvalue weighted by Gasteiger charge is -2.07. The van der Waals surface area contributed by atoms with Gasteiger partial charge in [-0.1, -0.05) is 28.9 Å². The van der Waals surface area contributed by atoms with Gasteiger partial charge >= 0.3 is 0 Å². The Kier molecular flexibility index (Phi) is 5.42. The normalized spacial score (nSPS) is 12.1. The van der Waals surface area contributed by atoms with Crippen molar-refractivity contribution in [1.82, 2.24) is 0 Å². The molecule has 0 fully saturated rings. The summed E-state index contributed by atoms with van der Waals surface area (Å²) < 4.78 is 25.1. The van der Waals surface area contributed by atoms with Gasteiger partial charge in [0, 0.05) is 37.9 Å². The fraction of sp³-hybridized carbons (Fsp3) is 0.188. The van der Waals surface area contributed by atoms with Crippen LogP contribution in [0.15, 0.2) is 46.9 Å². The third-order valence-corrected chi connectivity index (χ3v) is 4.99. The summed E-state index contributed by atoms with van der Waals surface area (Å²) in [6.07, 6.45) is 0. The first-order valence-corrected chi connectivity index (χ1v) is 8.73. The van der Waals surface area contributed by atoms with Crippen molar-refractivity contribution in [2.24, 2.45) is 0 Å². The molecule has 2 aromatic rings. The van der Waals surface area contributed by atoms with E-state index in [9.17, 15) is 13.4 Å². The summed E-state index contributed by atoms with van der Waals surface area (Å²) in [5.41, 5.74) is 1.85. The first-order chi connectivity index (χ1) is 10.0. The number of carbonyl (C=O) groups is 1. The number of halogens is 2. The Hall–Kier alpha value is -1.33. The number of benzene rings is 2. The fourth-order valence-electron chi connectivity index (χ4n) is 1.88. The SMILES string of the molecule is CCS(=O)Cc1ccc(C(=O)c2ccc(F)cc2)c(Br)c1. The van der Waals surface area contributed by atoms with Gasteiger partial charge in [0.2, 0.25) is 0 Å². The Morgan fingerprint density at radius 3 is 2.43 bits per heavy atom. The van der Waals surface area contributed by atoms with Crippen LogP contribution in [0.25, 0.3) is 0 Å². The third-order valence-electron chi connectivity index (χ3n) is 3.03. The zero-order valence-electron chi connectivity index (χ0n) is 11.4. The van der Waals surface area contributed by atoms with E-state index in [2.05, 4.69) is 15.9 Å². The molecule has 0 radical (unpaired) electrons. The minimum Gasteiger partial charge on any atom is -0.289 e. The van der Waals surface area contributed by atoms with E-state index in [4.69, 9.17) is 0 Å². The van der Waals surface area contributed by atoms with Gasteiger partial charge in [-0.3, -0.25) is 9.00 Å². The minimum atomic E-state index is -0.890. The molecule has 110 valence electrons. The average molecular weight is 369 g/mol. The van der Waals surface area contributed by atoms with Crippen LogP contribution in [0, 0.1) is 5.82 Å². The van der Waals surface area contributed by atoms with Crippen LogP contribution in [0.5, 0.6) is 0 Å². The summed E-state index contributed by atoms with van der Waals surface area (Å²) in [6, 6.07) is 10.8. The highest BCUT2D eigenvalue weighted by Crippen LogP contribution is 2.22. The van der Waals surface area contributed by atoms with Crippen molar-refractivity contribution in [2.45, 2.75) is 12.7 Å². The zero-order chi connectivity index (χ0) is 15.4. The Morgan fingerprint density at radius 1 is 1.19 bits per heavy atom. The van der Waals surface area contributed by atoms with Crippen molar-refractivity contribution >= 4 is 32.5 Å². The molecule has 0 aromatic heterocycles. The quantitative estimate of drug-likeness (QED) is 0.744. The number of hydrogen-bond donors (Lipinski definition) is 0. The van der Waals surface area contributed by atoms with E-state index in [1.165, 1.54) is 24.3 Å². The van der Waals surface area contributed by atoms with Crippen LogP contribution in [-0.4, -0.2) is 15.7 Å². The lowest BCUT2D eigenvalue weighted by atomic mass is 10.0. The van der Waals surface area contributed by atoms with E-state index < -0.39 is 10.8 Å². The topological polar surface area (TPSA) is 34.1 Å². The van der Waals surface area contributed by atoms with Gasteiger partial charge in [-0.2, -0.15) is 0 Å². The molecule has 0 aliphatic carbocycles. The summed E-state index contributed by atoms with van der Waals surface area (Å²) in [6.45, 7) is 1.87. The number of rotatable bonds is 5. The predicted molar refractivity (Wildman–Crippen MR) is 86.4 cm³/mol. The summed E-state index contributed by atoms with van der Waals surface area (Å²) in [4.78, 5) is 12.4. The van der Waals surface area contributed by atoms with Gasteiger partial charge in [0.15, 0.2) is 5.78 Å². The van der Waals surface area contributed by atoms with Crippen LogP contribution >= 0.6 is 15.9 Å². The Morgan fingerprint density at radius 2 is 1.86 bits per heavy atom. The van der Waals surface area contributed by atoms with Crippen LogP contribution in [0.4, 0.5) is 4.39 Å². The van der Waals surface area contributed by atoms with E-state index in [0.717, 1.165) is 5.56 Å². The molecule has 1 atom stereocenters. The molecule has 2 aromatic carbocycles. The maximum Gasteiger partial charge on any atom is 0.194 e. The monoisotopic (exact) mass is 368 g/mol. The first-order valence-electron chi connectivity index (χ1n) is 6.45. The van der Waals surface area contributed by atoms with Crippen molar-refractivity contribution in [1.29, 1.82) is 0 Å². The number of ketones is 1. The fourth-order valence-corrected chi connectivity index (χ4v) is 3.24. The van der Waals surface area contributed by atoms with E-state index in [-0.39, 0.29) is 11.6 Å². The second kappa shape index (κ2) is 7.09. The Bertz CT molecular complexity index is 683. The lowest BCUT2D eigenvalue weighted by molar-refractivity contribution is 0.103. The van der Waals surface area contributed by atoms with Crippen molar-refractivity contribution in [2.75, 3.05) is 5.75 Å². The van der Waals surface area contributed by atoms with Gasteiger partial charge in [0.05, 0.1) is 0 Å². The van der Waals surface area contributed by atoms with Gasteiger partial charge in [0.1, 0.15) is 5.82 Å². The molecular formula is C16H14BrFO2S. The molecular weight excluding hydrogens is 355 g/mol. The molecule has 2 nitrogen and oxygen atoms in total. The standard InChI is InChI=1S/C16H14BrFO2S/c1-2-21(20)10-11-3-8-14(15(17)9-11)16(19)12-4-6-13(18)7-5-12/h3-9H,2,10H2,1H3. The largest absolute Gasteiger partial charge is 0.289 e. The highest BCUT2D eigenvalue weighted by atomic mass is 79.9. The van der Waals surface area contributed by atoms with Gasteiger partial charge < -0.3 is 0 Å². The molecule has 0 N–H and O–H groups in total. The summed E-state index contributed by atoms with van der Waals surface area (Å²) >= 11 is 3.38. The minimum absolute atomic E-state index is 0.176. The van der Waals surface area contributed by atoms with Gasteiger partial charge in [-0.15, -0.1) is 0 Å². The highest BCUT2D eigenvalue weighted by Gasteiger charge is 2.13. The van der Waals surface area contributed by atoms with E-state index in [1.807, 2.05) is 13.0 Å². The molecule has 0 aliphatic rings. The van der Waals surface area contributed by atoms with Crippen LogP contribution in [0.1, 0.15) is 28.4 Å². The highest BCUT2D eigenvalue weighted by molar-refractivity contribution is 9.10. The van der Waals surface area contributed by atoms with Gasteiger partial charge in [-0.05, 0) is 42.0 Å². The maximum atomic E-state index is 12.9. The molecule has 5 heteroatoms. The molecule has 0 saturated heterocycles. The molecule has 1 unspecified atom stereocenters. The van der Waals surface area contributed by atoms with Crippen molar-refractivity contribution in [3.8, 4) is 0 Å². The second-order valence-corrected chi connectivity index (χ2v) is 7.12. The Balaban J connectivity index is 2.26. The molecule has 0 spiro atoms. The first kappa shape index (κ1) is 16.0. The third kappa shape index (κ3) is 4.08. The lowest BCUT2D eigenvalue weighted by Crippen LogP contribution is -2.04. The average Bonchev–Trinajstić information content (AvgIpc) is 2.47. The van der Waals surface area contributed by atoms with Gasteiger partial charge in [-0.25, -0.2) is 4.39 Å².